The molecule has 0 spiro atoms. The number of likely N-dealkylation sites (tertiary alicyclic amines) is 1. The summed E-state index contributed by atoms with van der Waals surface area (Å²) in [6.45, 7) is 6.19. The van der Waals surface area contributed by atoms with Gasteiger partial charge in [0.1, 0.15) is 0 Å². The zero-order chi connectivity index (χ0) is 18.0. The molecule has 0 aliphatic carbocycles. The Morgan fingerprint density at radius 2 is 1.88 bits per heavy atom. The van der Waals surface area contributed by atoms with Crippen molar-refractivity contribution in [1.82, 2.24) is 25.1 Å². The SMILES string of the molecule is CN=C(NCCCn1ccnc1)NCc1ccc(CN2CCCC2)cc1. The number of hydrogen-bond acceptors (Lipinski definition) is 3. The van der Waals surface area contributed by atoms with Crippen LogP contribution in [0.15, 0.2) is 48.0 Å². The third-order valence-corrected chi connectivity index (χ3v) is 4.76. The molecule has 1 fully saturated rings. The number of rotatable bonds is 8. The van der Waals surface area contributed by atoms with Crippen LogP contribution >= 0.6 is 0 Å². The van der Waals surface area contributed by atoms with Crippen LogP contribution in [0.2, 0.25) is 0 Å². The Balaban J connectivity index is 1.36. The van der Waals surface area contributed by atoms with Gasteiger partial charge in [-0.25, -0.2) is 4.98 Å². The van der Waals surface area contributed by atoms with Gasteiger partial charge in [-0.3, -0.25) is 9.89 Å². The van der Waals surface area contributed by atoms with E-state index in [0.717, 1.165) is 38.6 Å². The minimum Gasteiger partial charge on any atom is -0.356 e. The van der Waals surface area contributed by atoms with Gasteiger partial charge in [-0.15, -0.1) is 0 Å². The van der Waals surface area contributed by atoms with Gasteiger partial charge in [0.05, 0.1) is 6.33 Å². The summed E-state index contributed by atoms with van der Waals surface area (Å²) < 4.78 is 2.08. The second kappa shape index (κ2) is 9.97. The molecule has 1 saturated heterocycles. The molecule has 0 unspecified atom stereocenters. The van der Waals surface area contributed by atoms with Crippen molar-refractivity contribution in [3.05, 3.63) is 54.1 Å². The first kappa shape index (κ1) is 18.5. The minimum absolute atomic E-state index is 0.783. The summed E-state index contributed by atoms with van der Waals surface area (Å²) in [6.07, 6.45) is 9.36. The first-order valence-electron chi connectivity index (χ1n) is 9.54. The van der Waals surface area contributed by atoms with Crippen LogP contribution in [0.25, 0.3) is 0 Å². The van der Waals surface area contributed by atoms with Crippen LogP contribution in [-0.2, 0) is 19.6 Å². The summed E-state index contributed by atoms with van der Waals surface area (Å²) in [5.74, 6) is 0.844. The van der Waals surface area contributed by atoms with Crippen LogP contribution in [0, 0.1) is 0 Å². The molecule has 26 heavy (non-hydrogen) atoms. The fourth-order valence-electron chi connectivity index (χ4n) is 3.26. The number of imidazole rings is 1. The Labute approximate surface area is 156 Å². The topological polar surface area (TPSA) is 57.5 Å². The van der Waals surface area contributed by atoms with Crippen LogP contribution in [0.5, 0.6) is 0 Å². The quantitative estimate of drug-likeness (QED) is 0.434. The number of benzene rings is 1. The van der Waals surface area contributed by atoms with Crippen LogP contribution in [-0.4, -0.2) is 47.1 Å². The van der Waals surface area contributed by atoms with Crippen LogP contribution < -0.4 is 10.6 Å². The molecule has 2 heterocycles. The third kappa shape index (κ3) is 5.88. The minimum atomic E-state index is 0.783. The van der Waals surface area contributed by atoms with Gasteiger partial charge < -0.3 is 15.2 Å². The Kier molecular flexibility index (Phi) is 7.07. The van der Waals surface area contributed by atoms with E-state index >= 15 is 0 Å². The van der Waals surface area contributed by atoms with Crippen molar-refractivity contribution >= 4 is 5.96 Å². The summed E-state index contributed by atoms with van der Waals surface area (Å²) in [5, 5.41) is 6.74. The normalized spacial score (nSPS) is 15.3. The van der Waals surface area contributed by atoms with Crippen LogP contribution in [0.4, 0.5) is 0 Å². The van der Waals surface area contributed by atoms with Crippen molar-refractivity contribution in [3.63, 3.8) is 0 Å². The molecule has 1 aliphatic rings. The largest absolute Gasteiger partial charge is 0.356 e. The fraction of sp³-hybridized carbons (Fsp3) is 0.500. The zero-order valence-electron chi connectivity index (χ0n) is 15.7. The van der Waals surface area contributed by atoms with E-state index in [0.29, 0.717) is 0 Å². The lowest BCUT2D eigenvalue weighted by molar-refractivity contribution is 0.331. The van der Waals surface area contributed by atoms with E-state index in [2.05, 4.69) is 54.3 Å². The van der Waals surface area contributed by atoms with Gasteiger partial charge >= 0.3 is 0 Å². The highest BCUT2D eigenvalue weighted by Crippen LogP contribution is 2.13. The van der Waals surface area contributed by atoms with E-state index in [1.54, 1.807) is 0 Å². The second-order valence-electron chi connectivity index (χ2n) is 6.81. The molecule has 0 bridgehead atoms. The van der Waals surface area contributed by atoms with Crippen molar-refractivity contribution in [2.45, 2.75) is 38.9 Å². The molecular weight excluding hydrogens is 324 g/mol. The molecule has 1 aliphatic heterocycles. The first-order valence-corrected chi connectivity index (χ1v) is 9.54. The molecule has 140 valence electrons. The average Bonchev–Trinajstić information content (AvgIpc) is 3.36. The molecule has 6 nitrogen and oxygen atoms in total. The number of nitrogens with one attached hydrogen (secondary N) is 2. The molecule has 0 atom stereocenters. The van der Waals surface area contributed by atoms with Crippen LogP contribution in [0.3, 0.4) is 0 Å². The third-order valence-electron chi connectivity index (χ3n) is 4.76. The lowest BCUT2D eigenvalue weighted by Crippen LogP contribution is -2.37. The van der Waals surface area contributed by atoms with Crippen molar-refractivity contribution in [3.8, 4) is 0 Å². The average molecular weight is 355 g/mol. The lowest BCUT2D eigenvalue weighted by atomic mass is 10.1. The summed E-state index contributed by atoms with van der Waals surface area (Å²) in [5.41, 5.74) is 2.68. The van der Waals surface area contributed by atoms with Crippen molar-refractivity contribution < 1.29 is 0 Å². The molecule has 0 saturated carbocycles. The van der Waals surface area contributed by atoms with E-state index in [9.17, 15) is 0 Å². The maximum atomic E-state index is 4.29. The maximum absolute atomic E-state index is 4.29. The molecule has 1 aromatic heterocycles. The van der Waals surface area contributed by atoms with Gasteiger partial charge in [-0.2, -0.15) is 0 Å². The molecule has 6 heteroatoms. The fourth-order valence-corrected chi connectivity index (χ4v) is 3.26. The van der Waals surface area contributed by atoms with Crippen molar-refractivity contribution in [2.24, 2.45) is 4.99 Å². The summed E-state index contributed by atoms with van der Waals surface area (Å²) in [7, 11) is 1.81. The number of guanidine groups is 1. The highest BCUT2D eigenvalue weighted by Gasteiger charge is 2.11. The van der Waals surface area contributed by atoms with E-state index in [1.807, 2.05) is 25.8 Å². The Hall–Kier alpha value is -2.34. The van der Waals surface area contributed by atoms with E-state index in [-0.39, 0.29) is 0 Å². The maximum Gasteiger partial charge on any atom is 0.191 e. The van der Waals surface area contributed by atoms with Gasteiger partial charge in [-0.1, -0.05) is 24.3 Å². The summed E-state index contributed by atoms with van der Waals surface area (Å²) in [4.78, 5) is 10.9. The summed E-state index contributed by atoms with van der Waals surface area (Å²) >= 11 is 0. The molecule has 0 radical (unpaired) electrons. The van der Waals surface area contributed by atoms with Crippen molar-refractivity contribution in [2.75, 3.05) is 26.7 Å². The van der Waals surface area contributed by atoms with Gasteiger partial charge in [-0.05, 0) is 43.5 Å². The first-order chi connectivity index (χ1) is 12.8. The van der Waals surface area contributed by atoms with E-state index in [1.165, 1.54) is 37.1 Å². The number of hydrogen-bond donors (Lipinski definition) is 2. The van der Waals surface area contributed by atoms with Gasteiger partial charge in [0.15, 0.2) is 5.96 Å². The second-order valence-corrected chi connectivity index (χ2v) is 6.81. The number of aromatic nitrogens is 2. The lowest BCUT2D eigenvalue weighted by Gasteiger charge is -2.15. The number of aliphatic imine (C=N–C) groups is 1. The monoisotopic (exact) mass is 354 g/mol. The highest BCUT2D eigenvalue weighted by atomic mass is 15.2. The van der Waals surface area contributed by atoms with Gasteiger partial charge in [0.25, 0.3) is 0 Å². The van der Waals surface area contributed by atoms with Gasteiger partial charge in [0, 0.05) is 45.6 Å². The van der Waals surface area contributed by atoms with Gasteiger partial charge in [0.2, 0.25) is 0 Å². The number of aryl methyl sites for hydroxylation is 1. The highest BCUT2D eigenvalue weighted by molar-refractivity contribution is 5.79. The Morgan fingerprint density at radius 3 is 2.58 bits per heavy atom. The van der Waals surface area contributed by atoms with E-state index in [4.69, 9.17) is 0 Å². The predicted octanol–water partition coefficient (Wildman–Crippen LogP) is 2.23. The zero-order valence-corrected chi connectivity index (χ0v) is 15.7. The van der Waals surface area contributed by atoms with Crippen molar-refractivity contribution in [1.29, 1.82) is 0 Å². The predicted molar refractivity (Wildman–Crippen MR) is 106 cm³/mol. The van der Waals surface area contributed by atoms with E-state index < -0.39 is 0 Å². The molecule has 0 amide bonds. The molecule has 3 rings (SSSR count). The molecule has 2 aromatic rings. The summed E-state index contributed by atoms with van der Waals surface area (Å²) in [6, 6.07) is 8.92. The standard InChI is InChI=1S/C20H30N6/c1-21-20(23-9-4-13-26-14-10-22-17-26)24-15-18-5-7-19(8-6-18)16-25-11-2-3-12-25/h5-8,10,14,17H,2-4,9,11-13,15-16H2,1H3,(H2,21,23,24). The van der Waals surface area contributed by atoms with Crippen LogP contribution in [0.1, 0.15) is 30.4 Å². The smallest absolute Gasteiger partial charge is 0.191 e. The molecular formula is C20H30N6. The number of nitrogens with zero attached hydrogens (tertiary/aromatic N) is 4. The molecule has 2 N–H and O–H groups in total. The molecule has 1 aromatic carbocycles. The Morgan fingerprint density at radius 1 is 1.12 bits per heavy atom. The Bertz CT molecular complexity index is 656.